The predicted octanol–water partition coefficient (Wildman–Crippen LogP) is 17.2. The van der Waals surface area contributed by atoms with Crippen molar-refractivity contribution >= 4 is 105 Å². The summed E-state index contributed by atoms with van der Waals surface area (Å²) in [5, 5.41) is 0. The molecule has 6 nitrogen and oxygen atoms in total. The van der Waals surface area contributed by atoms with Gasteiger partial charge in [-0.2, -0.15) is 0 Å². The third kappa shape index (κ3) is 5.88. The first kappa shape index (κ1) is 44.4. The van der Waals surface area contributed by atoms with Crippen molar-refractivity contribution in [2.45, 2.75) is 87.0 Å². The van der Waals surface area contributed by atoms with E-state index in [1.807, 2.05) is 0 Å². The van der Waals surface area contributed by atoms with Crippen LogP contribution in [0.3, 0.4) is 0 Å². The molecule has 0 fully saturated rings. The van der Waals surface area contributed by atoms with E-state index < -0.39 is 0 Å². The van der Waals surface area contributed by atoms with Crippen LogP contribution in [0.4, 0.5) is 79.6 Å². The van der Waals surface area contributed by atoms with Gasteiger partial charge in [0.1, 0.15) is 0 Å². The number of hydrogen-bond acceptors (Lipinski definition) is 6. The molecule has 0 spiro atoms. The number of benzene rings is 9. The highest BCUT2D eigenvalue weighted by Crippen LogP contribution is 2.65. The lowest BCUT2D eigenvalue weighted by atomic mass is 9.53. The van der Waals surface area contributed by atoms with Crippen molar-refractivity contribution in [1.29, 1.82) is 0 Å². The third-order valence-electron chi connectivity index (χ3n) is 17.8. The van der Waals surface area contributed by atoms with E-state index in [1.54, 1.807) is 0 Å². The van der Waals surface area contributed by atoms with Crippen LogP contribution in [0.15, 0.2) is 164 Å². The standard InChI is InChI=1S/C67H60B2N6/c1-38(2)45-25-28-57-53(33-45)52-37-54-51(36-55(52)69-73(57)63-32-42(8)44(10)65-67(63)75(69)59-30-27-47(40(5)6)35-61(59)71(65)49-21-15-12-16-22-49)50-23-17-18-24-56(50)72-62-31-41(7)43(9)64-66(62)74(68(54)72)58-29-26-46(39(3)4)34-60(58)70(64)48-19-13-11-14-20-48/h11-40H,1-10H3. The molecular formula is C67H60B2N6. The maximum absolute atomic E-state index is 2.72. The van der Waals surface area contributed by atoms with E-state index in [0.717, 1.165) is 0 Å². The lowest BCUT2D eigenvalue weighted by molar-refractivity contribution is 0.866. The number of nitrogens with zero attached hydrogens (tertiary/aromatic N) is 6. The zero-order chi connectivity index (χ0) is 51.0. The Morgan fingerprint density at radius 2 is 0.707 bits per heavy atom. The van der Waals surface area contributed by atoms with Crippen LogP contribution in [-0.2, 0) is 0 Å². The molecule has 0 radical (unpaired) electrons. The van der Waals surface area contributed by atoms with Gasteiger partial charge in [-0.25, -0.2) is 0 Å². The normalized spacial score (nSPS) is 14.7. The van der Waals surface area contributed by atoms with Crippen LogP contribution in [0.5, 0.6) is 0 Å². The van der Waals surface area contributed by atoms with Gasteiger partial charge in [-0.1, -0.05) is 126 Å². The van der Waals surface area contributed by atoms with Gasteiger partial charge in [0.15, 0.2) is 0 Å². The Labute approximate surface area is 443 Å². The summed E-state index contributed by atoms with van der Waals surface area (Å²) in [6, 6.07) is 63.4. The molecule has 0 aromatic heterocycles. The SMILES string of the molecule is Cc1cc2c3c(c1C)N(c1ccccc1)c1cc(C(C)C)ccc1N3B1c3cc4c(cc3-c3ccccc3N12)B1N(c2ccc(C(C)C)cc2-4)c2cc(C)c(C)c3c2N1c1ccc(C(C)C)cc1N3c1ccccc1. The zero-order valence-corrected chi connectivity index (χ0v) is 44.7. The summed E-state index contributed by atoms with van der Waals surface area (Å²) in [4.78, 5) is 15.9. The molecule has 6 heterocycles. The van der Waals surface area contributed by atoms with Gasteiger partial charge in [0.05, 0.1) is 56.9 Å². The van der Waals surface area contributed by atoms with Crippen molar-refractivity contribution in [2.24, 2.45) is 0 Å². The van der Waals surface area contributed by atoms with Gasteiger partial charge >= 0.3 is 14.0 Å². The van der Waals surface area contributed by atoms with Gasteiger partial charge in [0.2, 0.25) is 0 Å². The number of hydrogen-bond donors (Lipinski definition) is 0. The summed E-state index contributed by atoms with van der Waals surface area (Å²) in [5.74, 6) is 1.11. The van der Waals surface area contributed by atoms with Gasteiger partial charge < -0.3 is 29.0 Å². The molecule has 0 atom stereocenters. The Bertz CT molecular complexity index is 3940. The summed E-state index contributed by atoms with van der Waals surface area (Å²) in [6.07, 6.45) is 0. The van der Waals surface area contributed by atoms with Crippen molar-refractivity contribution in [2.75, 3.05) is 29.0 Å². The first-order valence-electron chi connectivity index (χ1n) is 27.2. The topological polar surface area (TPSA) is 19.4 Å². The molecular weight excluding hydrogens is 910 g/mol. The fourth-order valence-electron chi connectivity index (χ4n) is 13.7. The highest BCUT2D eigenvalue weighted by atomic mass is 15.4. The number of aryl methyl sites for hydroxylation is 2. The summed E-state index contributed by atoms with van der Waals surface area (Å²) in [7, 11) is 0. The number of para-hydroxylation sites is 3. The minimum atomic E-state index is -0.147. The average Bonchev–Trinajstić information content (AvgIpc) is 4.10. The molecule has 0 saturated carbocycles. The molecule has 0 aliphatic carbocycles. The monoisotopic (exact) mass is 971 g/mol. The second-order valence-corrected chi connectivity index (χ2v) is 22.9. The van der Waals surface area contributed by atoms with Crippen LogP contribution in [0.2, 0.25) is 0 Å². The van der Waals surface area contributed by atoms with Crippen molar-refractivity contribution in [3.8, 4) is 22.3 Å². The van der Waals surface area contributed by atoms with Crippen molar-refractivity contribution in [1.82, 2.24) is 0 Å². The van der Waals surface area contributed by atoms with Gasteiger partial charge in [-0.05, 0) is 185 Å². The number of rotatable bonds is 5. The van der Waals surface area contributed by atoms with E-state index in [-0.39, 0.29) is 14.0 Å². The Balaban J connectivity index is 1.03. The Morgan fingerprint density at radius 1 is 0.307 bits per heavy atom. The van der Waals surface area contributed by atoms with Crippen LogP contribution >= 0.6 is 0 Å². The van der Waals surface area contributed by atoms with E-state index in [0.29, 0.717) is 17.8 Å². The molecule has 0 N–H and O–H groups in total. The fraction of sp³-hybridized carbons (Fsp3) is 0.194. The Kier molecular flexibility index (Phi) is 9.31. The molecule has 0 unspecified atom stereocenters. The van der Waals surface area contributed by atoms with E-state index in [4.69, 9.17) is 0 Å². The fourth-order valence-corrected chi connectivity index (χ4v) is 13.7. The molecule has 9 aromatic rings. The van der Waals surface area contributed by atoms with Gasteiger partial charge in [0, 0.05) is 33.9 Å². The minimum Gasteiger partial charge on any atom is -0.359 e. The lowest BCUT2D eigenvalue weighted by Gasteiger charge is -2.44. The molecule has 6 aliphatic rings. The predicted molar refractivity (Wildman–Crippen MR) is 320 cm³/mol. The molecule has 15 rings (SSSR count). The van der Waals surface area contributed by atoms with Crippen molar-refractivity contribution < 1.29 is 0 Å². The number of anilines is 14. The van der Waals surface area contributed by atoms with Crippen molar-refractivity contribution in [3.05, 3.63) is 203 Å². The largest absolute Gasteiger partial charge is 0.421 e. The molecule has 8 heteroatoms. The summed E-state index contributed by atoms with van der Waals surface area (Å²) >= 11 is 0. The first-order valence-corrected chi connectivity index (χ1v) is 27.2. The molecule has 364 valence electrons. The van der Waals surface area contributed by atoms with E-state index in [1.165, 1.54) is 152 Å². The second kappa shape index (κ2) is 15.7. The zero-order valence-electron chi connectivity index (χ0n) is 44.7. The van der Waals surface area contributed by atoms with Crippen LogP contribution in [0.25, 0.3) is 22.3 Å². The van der Waals surface area contributed by atoms with Crippen LogP contribution in [-0.4, -0.2) is 14.0 Å². The third-order valence-corrected chi connectivity index (χ3v) is 17.8. The summed E-state index contributed by atoms with van der Waals surface area (Å²) in [6.45, 7) is 22.9. The summed E-state index contributed by atoms with van der Waals surface area (Å²) < 4.78 is 0. The van der Waals surface area contributed by atoms with Crippen LogP contribution in [0, 0.1) is 27.7 Å². The second-order valence-electron chi connectivity index (χ2n) is 22.9. The quantitative estimate of drug-likeness (QED) is 0.159. The van der Waals surface area contributed by atoms with Crippen molar-refractivity contribution in [3.63, 3.8) is 0 Å². The minimum absolute atomic E-state index is 0.145. The molecule has 0 bridgehead atoms. The molecule has 9 aromatic carbocycles. The van der Waals surface area contributed by atoms with Gasteiger partial charge in [-0.3, -0.25) is 0 Å². The van der Waals surface area contributed by atoms with E-state index in [2.05, 4.69) is 262 Å². The summed E-state index contributed by atoms with van der Waals surface area (Å²) in [5.41, 5.74) is 34.3. The molecule has 0 amide bonds. The average molecular weight is 971 g/mol. The maximum Gasteiger partial charge on any atom is 0.421 e. The van der Waals surface area contributed by atoms with E-state index in [9.17, 15) is 0 Å². The lowest BCUT2D eigenvalue weighted by Crippen LogP contribution is -2.59. The maximum atomic E-state index is 2.72. The van der Waals surface area contributed by atoms with Crippen LogP contribution < -0.4 is 40.0 Å². The van der Waals surface area contributed by atoms with Gasteiger partial charge in [0.25, 0.3) is 0 Å². The number of fused-ring (bicyclic) bond motifs is 20. The van der Waals surface area contributed by atoms with Crippen LogP contribution in [0.1, 0.15) is 98.2 Å². The Morgan fingerprint density at radius 3 is 1.17 bits per heavy atom. The highest BCUT2D eigenvalue weighted by molar-refractivity contribution is 6.89. The van der Waals surface area contributed by atoms with E-state index >= 15 is 0 Å². The van der Waals surface area contributed by atoms with Gasteiger partial charge in [-0.15, -0.1) is 0 Å². The Hall–Kier alpha value is -8.09. The molecule has 75 heavy (non-hydrogen) atoms. The smallest absolute Gasteiger partial charge is 0.359 e. The molecule has 6 aliphatic heterocycles. The highest BCUT2D eigenvalue weighted by Gasteiger charge is 2.56. The molecule has 0 saturated heterocycles. The first-order chi connectivity index (χ1) is 36.4.